The maximum absolute atomic E-state index is 6.17. The molecular weight excluding hydrogens is 329 g/mol. The van der Waals surface area contributed by atoms with Crippen molar-refractivity contribution in [3.05, 3.63) is 63.9 Å². The molecule has 2 aromatic carbocycles. The van der Waals surface area contributed by atoms with Gasteiger partial charge in [-0.25, -0.2) is 4.98 Å². The maximum atomic E-state index is 6.17. The normalized spacial score (nSPS) is 10.6. The maximum Gasteiger partial charge on any atom is 0.226 e. The van der Waals surface area contributed by atoms with Crippen LogP contribution in [0.1, 0.15) is 0 Å². The molecule has 0 saturated carbocycles. The first kappa shape index (κ1) is 14.3. The zero-order chi connectivity index (χ0) is 14.8. The van der Waals surface area contributed by atoms with Gasteiger partial charge in [0.05, 0.1) is 10.0 Å². The molecule has 1 aromatic heterocycles. The molecule has 0 aliphatic carbocycles. The third kappa shape index (κ3) is 3.00. The number of halogens is 3. The van der Waals surface area contributed by atoms with Crippen molar-refractivity contribution in [2.45, 2.75) is 0 Å². The Morgan fingerprint density at radius 3 is 1.43 bits per heavy atom. The van der Waals surface area contributed by atoms with E-state index < -0.39 is 0 Å². The van der Waals surface area contributed by atoms with Crippen LogP contribution in [0.15, 0.2) is 48.5 Å². The fourth-order valence-electron chi connectivity index (χ4n) is 1.88. The molecule has 0 spiro atoms. The van der Waals surface area contributed by atoms with Gasteiger partial charge in [0.25, 0.3) is 0 Å². The highest BCUT2D eigenvalue weighted by atomic mass is 35.5. The van der Waals surface area contributed by atoms with Crippen LogP contribution >= 0.6 is 34.8 Å². The number of hydrogen-bond acceptors (Lipinski definition) is 3. The quantitative estimate of drug-likeness (QED) is 0.648. The molecule has 0 atom stereocenters. The molecule has 3 aromatic rings. The summed E-state index contributed by atoms with van der Waals surface area (Å²) in [5.74, 6) is 0.825. The number of aromatic nitrogens is 3. The molecule has 0 N–H and O–H groups in total. The molecular formula is C15H8Cl3N3. The second kappa shape index (κ2) is 5.98. The van der Waals surface area contributed by atoms with Gasteiger partial charge in [-0.05, 0) is 35.9 Å². The summed E-state index contributed by atoms with van der Waals surface area (Å²) in [7, 11) is 0. The van der Waals surface area contributed by atoms with Crippen LogP contribution in [0.5, 0.6) is 0 Å². The summed E-state index contributed by atoms with van der Waals surface area (Å²) in [5, 5.41) is 1.18. The first-order valence-electron chi connectivity index (χ1n) is 6.06. The number of rotatable bonds is 2. The van der Waals surface area contributed by atoms with E-state index in [0.29, 0.717) is 32.8 Å². The summed E-state index contributed by atoms with van der Waals surface area (Å²) in [4.78, 5) is 12.7. The van der Waals surface area contributed by atoms with Gasteiger partial charge in [0.1, 0.15) is 0 Å². The molecule has 0 bridgehead atoms. The van der Waals surface area contributed by atoms with Crippen LogP contribution in [0, 0.1) is 0 Å². The molecule has 104 valence electrons. The lowest BCUT2D eigenvalue weighted by Gasteiger charge is -2.07. The van der Waals surface area contributed by atoms with Gasteiger partial charge in [0.2, 0.25) is 5.28 Å². The van der Waals surface area contributed by atoms with Crippen LogP contribution in [0.25, 0.3) is 22.8 Å². The van der Waals surface area contributed by atoms with E-state index in [1.165, 1.54) is 0 Å². The second-order valence-electron chi connectivity index (χ2n) is 4.21. The van der Waals surface area contributed by atoms with E-state index in [9.17, 15) is 0 Å². The average Bonchev–Trinajstić information content (AvgIpc) is 2.47. The van der Waals surface area contributed by atoms with E-state index in [-0.39, 0.29) is 5.28 Å². The fraction of sp³-hybridized carbons (Fsp3) is 0. The molecule has 0 radical (unpaired) electrons. The van der Waals surface area contributed by atoms with E-state index >= 15 is 0 Å². The van der Waals surface area contributed by atoms with Gasteiger partial charge in [0.15, 0.2) is 11.6 Å². The largest absolute Gasteiger partial charge is 0.226 e. The molecule has 6 heteroatoms. The molecule has 0 aliphatic rings. The van der Waals surface area contributed by atoms with E-state index in [1.54, 1.807) is 12.1 Å². The molecule has 3 nitrogen and oxygen atoms in total. The first-order chi connectivity index (χ1) is 10.1. The Bertz CT molecular complexity index is 742. The SMILES string of the molecule is Clc1nc(-c2ccccc2Cl)nc(-c2ccccc2Cl)n1. The van der Waals surface area contributed by atoms with Crippen LogP contribution in [-0.2, 0) is 0 Å². The Hall–Kier alpha value is -1.68. The highest BCUT2D eigenvalue weighted by Gasteiger charge is 2.13. The molecule has 0 amide bonds. The van der Waals surface area contributed by atoms with Gasteiger partial charge in [0, 0.05) is 11.1 Å². The summed E-state index contributed by atoms with van der Waals surface area (Å²) in [5.41, 5.74) is 1.38. The van der Waals surface area contributed by atoms with Crippen molar-refractivity contribution in [3.63, 3.8) is 0 Å². The fourth-order valence-corrected chi connectivity index (χ4v) is 2.48. The molecule has 0 saturated heterocycles. The Labute approximate surface area is 136 Å². The van der Waals surface area contributed by atoms with Gasteiger partial charge < -0.3 is 0 Å². The minimum absolute atomic E-state index is 0.0924. The number of benzene rings is 2. The van der Waals surface area contributed by atoms with Crippen LogP contribution in [0.3, 0.4) is 0 Å². The van der Waals surface area contributed by atoms with Gasteiger partial charge >= 0.3 is 0 Å². The third-order valence-corrected chi connectivity index (χ3v) is 3.67. The van der Waals surface area contributed by atoms with Crippen molar-refractivity contribution in [2.75, 3.05) is 0 Å². The molecule has 0 aliphatic heterocycles. The minimum atomic E-state index is 0.0924. The van der Waals surface area contributed by atoms with Crippen molar-refractivity contribution in [3.8, 4) is 22.8 Å². The van der Waals surface area contributed by atoms with Crippen molar-refractivity contribution < 1.29 is 0 Å². The second-order valence-corrected chi connectivity index (χ2v) is 5.36. The molecule has 1 heterocycles. The van der Waals surface area contributed by atoms with Gasteiger partial charge in [-0.1, -0.05) is 47.5 Å². The lowest BCUT2D eigenvalue weighted by molar-refractivity contribution is 1.07. The van der Waals surface area contributed by atoms with E-state index in [0.717, 1.165) is 0 Å². The highest BCUT2D eigenvalue weighted by molar-refractivity contribution is 6.34. The smallest absolute Gasteiger partial charge is 0.208 e. The standard InChI is InChI=1S/C15H8Cl3N3/c16-11-7-3-1-5-9(11)13-19-14(21-15(18)20-13)10-6-2-4-8-12(10)17/h1-8H. The number of nitrogens with zero attached hydrogens (tertiary/aromatic N) is 3. The summed E-state index contributed by atoms with van der Waals surface area (Å²) >= 11 is 18.3. The number of hydrogen-bond donors (Lipinski definition) is 0. The van der Waals surface area contributed by atoms with Crippen LogP contribution in [0.2, 0.25) is 15.3 Å². The Morgan fingerprint density at radius 1 is 0.571 bits per heavy atom. The minimum Gasteiger partial charge on any atom is -0.208 e. The van der Waals surface area contributed by atoms with Gasteiger partial charge in [-0.2, -0.15) is 9.97 Å². The summed E-state index contributed by atoms with van der Waals surface area (Å²) in [6, 6.07) is 14.6. The predicted molar refractivity (Wildman–Crippen MR) is 85.7 cm³/mol. The predicted octanol–water partition coefficient (Wildman–Crippen LogP) is 5.17. The summed E-state index contributed by atoms with van der Waals surface area (Å²) in [6.45, 7) is 0. The van der Waals surface area contributed by atoms with Gasteiger partial charge in [-0.15, -0.1) is 0 Å². The molecule has 0 fully saturated rings. The summed E-state index contributed by atoms with van der Waals surface area (Å²) in [6.07, 6.45) is 0. The highest BCUT2D eigenvalue weighted by Crippen LogP contribution is 2.29. The lowest BCUT2D eigenvalue weighted by atomic mass is 10.2. The van der Waals surface area contributed by atoms with E-state index in [1.807, 2.05) is 36.4 Å². The average molecular weight is 337 g/mol. The molecule has 21 heavy (non-hydrogen) atoms. The topological polar surface area (TPSA) is 38.7 Å². The van der Waals surface area contributed by atoms with Crippen LogP contribution in [0.4, 0.5) is 0 Å². The van der Waals surface area contributed by atoms with Gasteiger partial charge in [-0.3, -0.25) is 0 Å². The Balaban J connectivity index is 2.18. The van der Waals surface area contributed by atoms with Crippen molar-refractivity contribution in [1.29, 1.82) is 0 Å². The summed E-state index contributed by atoms with van der Waals surface area (Å²) < 4.78 is 0. The zero-order valence-corrected chi connectivity index (χ0v) is 12.9. The van der Waals surface area contributed by atoms with Crippen molar-refractivity contribution in [1.82, 2.24) is 15.0 Å². The third-order valence-electron chi connectivity index (χ3n) is 2.84. The zero-order valence-electron chi connectivity index (χ0n) is 10.6. The Morgan fingerprint density at radius 2 is 1.00 bits per heavy atom. The van der Waals surface area contributed by atoms with E-state index in [2.05, 4.69) is 15.0 Å². The molecule has 0 unspecified atom stereocenters. The molecule has 3 rings (SSSR count). The monoisotopic (exact) mass is 335 g/mol. The lowest BCUT2D eigenvalue weighted by Crippen LogP contribution is -1.98. The van der Waals surface area contributed by atoms with Crippen molar-refractivity contribution >= 4 is 34.8 Å². The Kier molecular flexibility index (Phi) is 4.06. The van der Waals surface area contributed by atoms with E-state index in [4.69, 9.17) is 34.8 Å². The van der Waals surface area contributed by atoms with Crippen LogP contribution < -0.4 is 0 Å². The first-order valence-corrected chi connectivity index (χ1v) is 7.20. The van der Waals surface area contributed by atoms with Crippen molar-refractivity contribution in [2.24, 2.45) is 0 Å². The van der Waals surface area contributed by atoms with Crippen LogP contribution in [-0.4, -0.2) is 15.0 Å².